The summed E-state index contributed by atoms with van der Waals surface area (Å²) in [6.07, 6.45) is 6.85. The maximum absolute atomic E-state index is 3.74. The molecule has 0 heterocycles. The molecular weight excluding hydrogens is 230 g/mol. The smallest absolute Gasteiger partial charge is 0.0136 e. The number of benzene rings is 1. The van der Waals surface area contributed by atoms with E-state index in [9.17, 15) is 0 Å². The number of likely N-dealkylation sites (N-methyl/N-ethyl adjacent to an activating group) is 1. The lowest BCUT2D eigenvalue weighted by Gasteiger charge is -2.34. The van der Waals surface area contributed by atoms with Crippen molar-refractivity contribution in [1.29, 1.82) is 0 Å². The molecule has 0 aliphatic heterocycles. The Hall–Kier alpha value is -0.820. The first-order valence-electron chi connectivity index (χ1n) is 7.98. The molecule has 1 nitrogen and oxygen atoms in total. The molecule has 1 aromatic carbocycles. The first-order valence-corrected chi connectivity index (χ1v) is 7.98. The SMILES string of the molecule is CCNC(Cc1cccc(C)c1)C1CCCC(C)C1. The van der Waals surface area contributed by atoms with Crippen molar-refractivity contribution in [2.24, 2.45) is 11.8 Å². The van der Waals surface area contributed by atoms with Crippen molar-refractivity contribution in [2.45, 2.75) is 58.9 Å². The van der Waals surface area contributed by atoms with Crippen LogP contribution in [0.1, 0.15) is 50.7 Å². The van der Waals surface area contributed by atoms with Crippen LogP contribution in [0.2, 0.25) is 0 Å². The molecule has 0 radical (unpaired) electrons. The van der Waals surface area contributed by atoms with E-state index < -0.39 is 0 Å². The molecule has 0 bridgehead atoms. The summed E-state index contributed by atoms with van der Waals surface area (Å²) in [4.78, 5) is 0. The van der Waals surface area contributed by atoms with E-state index in [1.54, 1.807) is 0 Å². The Morgan fingerprint density at radius 3 is 2.84 bits per heavy atom. The monoisotopic (exact) mass is 259 g/mol. The van der Waals surface area contributed by atoms with Crippen molar-refractivity contribution >= 4 is 0 Å². The molecule has 3 atom stereocenters. The summed E-state index contributed by atoms with van der Waals surface area (Å²) in [7, 11) is 0. The van der Waals surface area contributed by atoms with Gasteiger partial charge in [-0.3, -0.25) is 0 Å². The van der Waals surface area contributed by atoms with Crippen molar-refractivity contribution in [3.8, 4) is 0 Å². The minimum absolute atomic E-state index is 0.662. The topological polar surface area (TPSA) is 12.0 Å². The second-order valence-corrected chi connectivity index (χ2v) is 6.39. The lowest BCUT2D eigenvalue weighted by molar-refractivity contribution is 0.222. The largest absolute Gasteiger partial charge is 0.314 e. The summed E-state index contributed by atoms with van der Waals surface area (Å²) in [5.41, 5.74) is 2.87. The van der Waals surface area contributed by atoms with Crippen molar-refractivity contribution in [2.75, 3.05) is 6.54 Å². The zero-order valence-corrected chi connectivity index (χ0v) is 12.8. The zero-order chi connectivity index (χ0) is 13.7. The lowest BCUT2D eigenvalue weighted by atomic mass is 9.77. The highest BCUT2D eigenvalue weighted by atomic mass is 14.9. The third-order valence-electron chi connectivity index (χ3n) is 4.55. The number of hydrogen-bond donors (Lipinski definition) is 1. The van der Waals surface area contributed by atoms with Crippen molar-refractivity contribution < 1.29 is 0 Å². The van der Waals surface area contributed by atoms with Crippen LogP contribution in [0.25, 0.3) is 0 Å². The highest BCUT2D eigenvalue weighted by Crippen LogP contribution is 2.32. The molecule has 0 saturated heterocycles. The summed E-state index contributed by atoms with van der Waals surface area (Å²) in [6, 6.07) is 9.67. The van der Waals surface area contributed by atoms with Crippen LogP contribution in [0.4, 0.5) is 0 Å². The molecule has 1 N–H and O–H groups in total. The Balaban J connectivity index is 2.02. The maximum Gasteiger partial charge on any atom is 0.0136 e. The van der Waals surface area contributed by atoms with Crippen molar-refractivity contribution in [3.63, 3.8) is 0 Å². The average molecular weight is 259 g/mol. The van der Waals surface area contributed by atoms with Crippen LogP contribution < -0.4 is 5.32 Å². The van der Waals surface area contributed by atoms with E-state index in [0.717, 1.165) is 18.4 Å². The molecule has 0 aromatic heterocycles. The minimum Gasteiger partial charge on any atom is -0.314 e. The normalized spacial score (nSPS) is 25.2. The number of nitrogens with one attached hydrogen (secondary N) is 1. The van der Waals surface area contributed by atoms with Gasteiger partial charge in [0.1, 0.15) is 0 Å². The van der Waals surface area contributed by atoms with Gasteiger partial charge in [-0.1, -0.05) is 56.5 Å². The van der Waals surface area contributed by atoms with E-state index in [1.807, 2.05) is 0 Å². The fourth-order valence-electron chi connectivity index (χ4n) is 3.61. The summed E-state index contributed by atoms with van der Waals surface area (Å²) < 4.78 is 0. The van der Waals surface area contributed by atoms with E-state index in [4.69, 9.17) is 0 Å². The molecule has 106 valence electrons. The summed E-state index contributed by atoms with van der Waals surface area (Å²) >= 11 is 0. The number of aryl methyl sites for hydroxylation is 1. The molecule has 19 heavy (non-hydrogen) atoms. The van der Waals surface area contributed by atoms with Gasteiger partial charge in [-0.15, -0.1) is 0 Å². The third kappa shape index (κ3) is 4.35. The van der Waals surface area contributed by atoms with Crippen LogP contribution in [0.15, 0.2) is 24.3 Å². The van der Waals surface area contributed by atoms with E-state index >= 15 is 0 Å². The van der Waals surface area contributed by atoms with E-state index in [2.05, 4.69) is 50.4 Å². The van der Waals surface area contributed by atoms with Gasteiger partial charge in [0.25, 0.3) is 0 Å². The maximum atomic E-state index is 3.74. The van der Waals surface area contributed by atoms with Gasteiger partial charge >= 0.3 is 0 Å². The molecule has 1 saturated carbocycles. The van der Waals surface area contributed by atoms with Crippen LogP contribution in [-0.2, 0) is 6.42 Å². The van der Waals surface area contributed by atoms with Crippen LogP contribution in [0, 0.1) is 18.8 Å². The van der Waals surface area contributed by atoms with E-state index in [1.165, 1.54) is 43.2 Å². The number of hydrogen-bond acceptors (Lipinski definition) is 1. The van der Waals surface area contributed by atoms with Gasteiger partial charge in [-0.05, 0) is 50.1 Å². The Kier molecular flexibility index (Phi) is 5.45. The second-order valence-electron chi connectivity index (χ2n) is 6.39. The molecule has 1 heteroatoms. The first kappa shape index (κ1) is 14.6. The average Bonchev–Trinajstić information content (AvgIpc) is 2.38. The van der Waals surface area contributed by atoms with Crippen LogP contribution in [0.3, 0.4) is 0 Å². The van der Waals surface area contributed by atoms with Gasteiger partial charge in [0.15, 0.2) is 0 Å². The molecule has 1 aliphatic carbocycles. The third-order valence-corrected chi connectivity index (χ3v) is 4.55. The highest BCUT2D eigenvalue weighted by Gasteiger charge is 2.26. The van der Waals surface area contributed by atoms with Crippen LogP contribution in [0.5, 0.6) is 0 Å². The zero-order valence-electron chi connectivity index (χ0n) is 12.8. The first-order chi connectivity index (χ1) is 9.19. The molecule has 1 fully saturated rings. The molecule has 3 unspecified atom stereocenters. The number of rotatable bonds is 5. The molecule has 0 spiro atoms. The van der Waals surface area contributed by atoms with E-state index in [-0.39, 0.29) is 0 Å². The minimum atomic E-state index is 0.662. The molecule has 0 amide bonds. The Morgan fingerprint density at radius 1 is 1.32 bits per heavy atom. The van der Waals surface area contributed by atoms with Crippen molar-refractivity contribution in [1.82, 2.24) is 5.32 Å². The van der Waals surface area contributed by atoms with Gasteiger partial charge in [-0.25, -0.2) is 0 Å². The summed E-state index contributed by atoms with van der Waals surface area (Å²) in [6.45, 7) is 7.92. The Labute approximate surface area is 118 Å². The Morgan fingerprint density at radius 2 is 2.16 bits per heavy atom. The van der Waals surface area contributed by atoms with Crippen LogP contribution >= 0.6 is 0 Å². The van der Waals surface area contributed by atoms with Crippen molar-refractivity contribution in [3.05, 3.63) is 35.4 Å². The molecular formula is C18H29N. The van der Waals surface area contributed by atoms with Crippen LogP contribution in [-0.4, -0.2) is 12.6 Å². The van der Waals surface area contributed by atoms with Gasteiger partial charge in [0.2, 0.25) is 0 Å². The van der Waals surface area contributed by atoms with Gasteiger partial charge in [0.05, 0.1) is 0 Å². The lowest BCUT2D eigenvalue weighted by Crippen LogP contribution is -2.40. The van der Waals surface area contributed by atoms with Gasteiger partial charge in [0, 0.05) is 6.04 Å². The second kappa shape index (κ2) is 7.09. The highest BCUT2D eigenvalue weighted by molar-refractivity contribution is 5.23. The summed E-state index contributed by atoms with van der Waals surface area (Å²) in [5.74, 6) is 1.78. The quantitative estimate of drug-likeness (QED) is 0.829. The fourth-order valence-corrected chi connectivity index (χ4v) is 3.61. The molecule has 1 aromatic rings. The Bertz CT molecular complexity index is 385. The molecule has 2 rings (SSSR count). The standard InChI is InChI=1S/C18H29N/c1-4-19-18(17-10-6-8-15(3)12-17)13-16-9-5-7-14(2)11-16/h5,7,9,11,15,17-19H,4,6,8,10,12-13H2,1-3H3. The predicted octanol–water partition coefficient (Wildman–Crippen LogP) is 4.34. The van der Waals surface area contributed by atoms with Gasteiger partial charge in [-0.2, -0.15) is 0 Å². The fraction of sp³-hybridized carbons (Fsp3) is 0.667. The van der Waals surface area contributed by atoms with Gasteiger partial charge < -0.3 is 5.32 Å². The predicted molar refractivity (Wildman–Crippen MR) is 83.5 cm³/mol. The summed E-state index contributed by atoms with van der Waals surface area (Å²) in [5, 5.41) is 3.74. The van der Waals surface area contributed by atoms with E-state index in [0.29, 0.717) is 6.04 Å². The molecule has 1 aliphatic rings.